The summed E-state index contributed by atoms with van der Waals surface area (Å²) in [6.45, 7) is 8.87. The molecule has 49 heavy (non-hydrogen) atoms. The zero-order valence-electron chi connectivity index (χ0n) is 29.0. The Labute approximate surface area is 298 Å². The number of hydrogen-bond donors (Lipinski definition) is 1. The van der Waals surface area contributed by atoms with Crippen LogP contribution in [0.2, 0.25) is 0 Å². The van der Waals surface area contributed by atoms with Crippen molar-refractivity contribution in [2.75, 3.05) is 25.1 Å². The second-order valence-electron chi connectivity index (χ2n) is 13.0. The monoisotopic (exact) mass is 749 g/mol. The van der Waals surface area contributed by atoms with Gasteiger partial charge < -0.3 is 19.7 Å². The van der Waals surface area contributed by atoms with Gasteiger partial charge in [-0.1, -0.05) is 64.5 Å². The van der Waals surface area contributed by atoms with Gasteiger partial charge in [-0.3, -0.25) is 13.9 Å². The quantitative estimate of drug-likeness (QED) is 0.161. The van der Waals surface area contributed by atoms with Crippen LogP contribution in [0.3, 0.4) is 0 Å². The summed E-state index contributed by atoms with van der Waals surface area (Å²) >= 11 is 3.47. The lowest BCUT2D eigenvalue weighted by Gasteiger charge is -2.35. The number of sulfonamides is 1. The molecule has 9 nitrogen and oxygen atoms in total. The number of carbonyl (C=O) groups excluding carboxylic acids is 2. The highest BCUT2D eigenvalue weighted by Crippen LogP contribution is 2.33. The van der Waals surface area contributed by atoms with E-state index in [2.05, 4.69) is 21.2 Å². The molecule has 0 heterocycles. The van der Waals surface area contributed by atoms with Gasteiger partial charge in [0, 0.05) is 29.0 Å². The number of rotatable bonds is 13. The Kier molecular flexibility index (Phi) is 12.2. The topological polar surface area (TPSA) is 105 Å². The number of nitrogens with one attached hydrogen (secondary N) is 1. The third kappa shape index (κ3) is 9.86. The van der Waals surface area contributed by atoms with Crippen LogP contribution in [0.5, 0.6) is 11.5 Å². The number of benzene rings is 4. The fourth-order valence-corrected chi connectivity index (χ4v) is 7.20. The number of nitrogens with zero attached hydrogens (tertiary/aromatic N) is 2. The molecular weight excluding hydrogens is 706 g/mol. The van der Waals surface area contributed by atoms with Crippen molar-refractivity contribution in [2.24, 2.45) is 0 Å². The lowest BCUT2D eigenvalue weighted by atomic mass is 10.0. The Balaban J connectivity index is 1.86. The van der Waals surface area contributed by atoms with Crippen LogP contribution in [0, 0.1) is 13.8 Å². The molecule has 0 fully saturated rings. The van der Waals surface area contributed by atoms with Gasteiger partial charge in [-0.15, -0.1) is 0 Å². The van der Waals surface area contributed by atoms with Gasteiger partial charge in [0.05, 0.1) is 24.8 Å². The van der Waals surface area contributed by atoms with Crippen LogP contribution in [0.25, 0.3) is 0 Å². The van der Waals surface area contributed by atoms with Crippen molar-refractivity contribution in [1.29, 1.82) is 0 Å². The minimum Gasteiger partial charge on any atom is -0.493 e. The second kappa shape index (κ2) is 15.9. The number of hydrogen-bond acceptors (Lipinski definition) is 6. The molecule has 11 heteroatoms. The molecule has 2 amide bonds. The summed E-state index contributed by atoms with van der Waals surface area (Å²) < 4.78 is 41.8. The van der Waals surface area contributed by atoms with Crippen molar-refractivity contribution >= 4 is 43.5 Å². The smallest absolute Gasteiger partial charge is 0.264 e. The van der Waals surface area contributed by atoms with Gasteiger partial charge in [0.15, 0.2) is 11.5 Å². The maximum Gasteiger partial charge on any atom is 0.264 e. The highest BCUT2D eigenvalue weighted by atomic mass is 79.9. The van der Waals surface area contributed by atoms with E-state index < -0.39 is 34.1 Å². The van der Waals surface area contributed by atoms with Gasteiger partial charge in [-0.2, -0.15) is 0 Å². The summed E-state index contributed by atoms with van der Waals surface area (Å²) in [5.74, 6) is -0.294. The van der Waals surface area contributed by atoms with Crippen molar-refractivity contribution in [1.82, 2.24) is 10.2 Å². The second-order valence-corrected chi connectivity index (χ2v) is 15.7. The first-order valence-corrected chi connectivity index (χ1v) is 18.1. The lowest BCUT2D eigenvalue weighted by molar-refractivity contribution is -0.140. The van der Waals surface area contributed by atoms with Crippen molar-refractivity contribution in [3.05, 3.63) is 118 Å². The third-order valence-corrected chi connectivity index (χ3v) is 10.1. The van der Waals surface area contributed by atoms with E-state index in [1.807, 2.05) is 95.3 Å². The van der Waals surface area contributed by atoms with Crippen molar-refractivity contribution in [3.8, 4) is 11.5 Å². The van der Waals surface area contributed by atoms with Crippen LogP contribution in [-0.4, -0.2) is 57.5 Å². The van der Waals surface area contributed by atoms with E-state index in [9.17, 15) is 18.0 Å². The zero-order chi connectivity index (χ0) is 35.9. The zero-order valence-corrected chi connectivity index (χ0v) is 31.4. The average Bonchev–Trinajstić information content (AvgIpc) is 3.04. The van der Waals surface area contributed by atoms with E-state index in [-0.39, 0.29) is 29.5 Å². The van der Waals surface area contributed by atoms with E-state index in [1.165, 1.54) is 37.3 Å². The Hall–Kier alpha value is -4.35. The molecule has 0 bridgehead atoms. The molecule has 0 aliphatic carbocycles. The number of halogens is 1. The summed E-state index contributed by atoms with van der Waals surface area (Å²) in [6.07, 6.45) is 0.219. The molecule has 0 aliphatic rings. The van der Waals surface area contributed by atoms with Crippen molar-refractivity contribution in [2.45, 2.75) is 64.1 Å². The normalized spacial score (nSPS) is 12.2. The first-order chi connectivity index (χ1) is 23.1. The molecule has 0 radical (unpaired) electrons. The minimum absolute atomic E-state index is 0.0677. The van der Waals surface area contributed by atoms with Crippen LogP contribution in [0.15, 0.2) is 100 Å². The molecule has 0 spiro atoms. The van der Waals surface area contributed by atoms with Crippen LogP contribution >= 0.6 is 15.9 Å². The van der Waals surface area contributed by atoms with E-state index >= 15 is 0 Å². The van der Waals surface area contributed by atoms with E-state index in [0.717, 1.165) is 31.0 Å². The Morgan fingerprint density at radius 1 is 0.816 bits per heavy atom. The molecular formula is C38H44BrN3O6S. The van der Waals surface area contributed by atoms with Gasteiger partial charge >= 0.3 is 0 Å². The number of aryl methyl sites for hydroxylation is 2. The Bertz CT molecular complexity index is 1860. The van der Waals surface area contributed by atoms with E-state index in [0.29, 0.717) is 11.4 Å². The molecule has 4 rings (SSSR count). The number of methoxy groups -OCH3 is 2. The van der Waals surface area contributed by atoms with Gasteiger partial charge in [0.2, 0.25) is 11.8 Å². The summed E-state index contributed by atoms with van der Waals surface area (Å²) in [5.41, 5.74) is 3.03. The number of anilines is 1. The van der Waals surface area contributed by atoms with E-state index in [1.54, 1.807) is 12.1 Å². The fraction of sp³-hybridized carbons (Fsp3) is 0.316. The molecule has 1 atom stereocenters. The lowest BCUT2D eigenvalue weighted by Crippen LogP contribution is -2.56. The van der Waals surface area contributed by atoms with E-state index in [4.69, 9.17) is 9.47 Å². The minimum atomic E-state index is -4.34. The number of ether oxygens (including phenoxy) is 2. The third-order valence-electron chi connectivity index (χ3n) is 7.75. The maximum atomic E-state index is 14.8. The summed E-state index contributed by atoms with van der Waals surface area (Å²) in [5, 5.41) is 3.05. The van der Waals surface area contributed by atoms with Crippen LogP contribution < -0.4 is 19.1 Å². The largest absolute Gasteiger partial charge is 0.493 e. The van der Waals surface area contributed by atoms with Gasteiger partial charge in [0.1, 0.15) is 12.6 Å². The van der Waals surface area contributed by atoms with Crippen LogP contribution in [0.4, 0.5) is 5.69 Å². The van der Waals surface area contributed by atoms with Gasteiger partial charge in [0.25, 0.3) is 10.0 Å². The maximum absolute atomic E-state index is 14.8. The molecule has 0 unspecified atom stereocenters. The van der Waals surface area contributed by atoms with Gasteiger partial charge in [-0.25, -0.2) is 8.42 Å². The Morgan fingerprint density at radius 3 is 2.00 bits per heavy atom. The summed E-state index contributed by atoms with van der Waals surface area (Å²) in [6, 6.07) is 25.7. The molecule has 4 aromatic rings. The fourth-order valence-electron chi connectivity index (χ4n) is 5.52. The van der Waals surface area contributed by atoms with Crippen LogP contribution in [0.1, 0.15) is 43.0 Å². The molecule has 0 aromatic heterocycles. The summed E-state index contributed by atoms with van der Waals surface area (Å²) in [7, 11) is -1.45. The SMILES string of the molecule is COc1ccc(S(=O)(=O)N(CC(=O)N(Cc2ccc(Br)cc2)[C@H](Cc2ccccc2)C(=O)NC(C)(C)C)c2cc(C)cc(C)c2)cc1OC. The van der Waals surface area contributed by atoms with Crippen molar-refractivity contribution < 1.29 is 27.5 Å². The Morgan fingerprint density at radius 2 is 1.43 bits per heavy atom. The molecule has 1 N–H and O–H groups in total. The summed E-state index contributed by atoms with van der Waals surface area (Å²) in [4.78, 5) is 30.2. The highest BCUT2D eigenvalue weighted by Gasteiger charge is 2.36. The number of carbonyl (C=O) groups is 2. The standard InChI is InChI=1S/C38H44BrN3O6S/c1-26-19-27(2)21-31(20-26)42(49(45,46)32-17-18-34(47-6)35(23-32)48-7)25-36(43)41(24-29-13-15-30(39)16-14-29)33(37(44)40-38(3,4)5)22-28-11-9-8-10-12-28/h8-21,23,33H,22,24-25H2,1-7H3,(H,40,44)/t33-/m1/s1. The molecule has 0 saturated carbocycles. The van der Waals surface area contributed by atoms with Crippen LogP contribution in [-0.2, 0) is 32.6 Å². The predicted molar refractivity (Wildman–Crippen MR) is 197 cm³/mol. The van der Waals surface area contributed by atoms with Gasteiger partial charge in [-0.05, 0) is 93.3 Å². The first-order valence-electron chi connectivity index (χ1n) is 15.8. The molecule has 0 aliphatic heterocycles. The molecule has 260 valence electrons. The van der Waals surface area contributed by atoms with Crippen molar-refractivity contribution in [3.63, 3.8) is 0 Å². The average molecular weight is 751 g/mol. The predicted octanol–water partition coefficient (Wildman–Crippen LogP) is 6.83. The highest BCUT2D eigenvalue weighted by molar-refractivity contribution is 9.10. The molecule has 0 saturated heterocycles. The first kappa shape index (κ1) is 37.5. The number of amides is 2. The molecule has 4 aromatic carbocycles.